The van der Waals surface area contributed by atoms with Crippen LogP contribution in [0.25, 0.3) is 0 Å². The molecule has 1 rings (SSSR count). The van der Waals surface area contributed by atoms with Crippen LogP contribution >= 0.6 is 0 Å². The minimum atomic E-state index is 0.539. The average molecular weight is 253 g/mol. The lowest BCUT2D eigenvalue weighted by Gasteiger charge is -2.44. The van der Waals surface area contributed by atoms with Gasteiger partial charge in [0.25, 0.3) is 0 Å². The van der Waals surface area contributed by atoms with Crippen molar-refractivity contribution < 1.29 is 0 Å². The molecule has 1 fully saturated rings. The predicted octanol–water partition coefficient (Wildman–Crippen LogP) is 5.01. The van der Waals surface area contributed by atoms with Gasteiger partial charge < -0.3 is 5.32 Å². The molecular formula is C17H35N. The molecule has 0 radical (unpaired) electrons. The normalized spacial score (nSPS) is 26.8. The summed E-state index contributed by atoms with van der Waals surface area (Å²) >= 11 is 0. The maximum Gasteiger partial charge on any atom is 0.0103 e. The van der Waals surface area contributed by atoms with Crippen LogP contribution in [-0.4, -0.2) is 12.6 Å². The summed E-state index contributed by atoms with van der Waals surface area (Å²) < 4.78 is 0. The van der Waals surface area contributed by atoms with E-state index >= 15 is 0 Å². The van der Waals surface area contributed by atoms with E-state index in [9.17, 15) is 0 Å². The summed E-state index contributed by atoms with van der Waals surface area (Å²) in [5.74, 6) is 1.74. The Bertz CT molecular complexity index is 222. The second-order valence-corrected chi connectivity index (χ2v) is 7.15. The molecule has 0 aliphatic heterocycles. The van der Waals surface area contributed by atoms with Gasteiger partial charge in [-0.3, -0.25) is 0 Å². The molecule has 3 unspecified atom stereocenters. The van der Waals surface area contributed by atoms with Gasteiger partial charge in [0.2, 0.25) is 0 Å². The lowest BCUT2D eigenvalue weighted by molar-refractivity contribution is 0.0882. The highest BCUT2D eigenvalue weighted by Gasteiger charge is 2.37. The van der Waals surface area contributed by atoms with E-state index in [-0.39, 0.29) is 0 Å². The van der Waals surface area contributed by atoms with Crippen LogP contribution in [0.4, 0.5) is 0 Å². The summed E-state index contributed by atoms with van der Waals surface area (Å²) in [6, 6.07) is 0.746. The molecule has 0 saturated heterocycles. The standard InChI is InChI=1S/C17H35N/c1-6-12-18-16(13-14(3)7-2)15-10-8-9-11-17(15,4)5/h14-16,18H,6-13H2,1-5H3. The SMILES string of the molecule is CCCNC(CC(C)CC)C1CCCCC1(C)C. The molecule has 1 aliphatic rings. The predicted molar refractivity (Wildman–Crippen MR) is 81.9 cm³/mol. The molecule has 1 nitrogen and oxygen atoms in total. The fourth-order valence-corrected chi connectivity index (χ4v) is 3.59. The molecule has 0 spiro atoms. The second-order valence-electron chi connectivity index (χ2n) is 7.15. The van der Waals surface area contributed by atoms with Gasteiger partial charge in [0.05, 0.1) is 0 Å². The van der Waals surface area contributed by atoms with E-state index in [0.29, 0.717) is 5.41 Å². The largest absolute Gasteiger partial charge is 0.314 e. The Morgan fingerprint density at radius 2 is 1.94 bits per heavy atom. The molecule has 1 N–H and O–H groups in total. The van der Waals surface area contributed by atoms with Crippen molar-refractivity contribution >= 4 is 0 Å². The molecule has 0 bridgehead atoms. The number of hydrogen-bond acceptors (Lipinski definition) is 1. The molecule has 1 heteroatoms. The molecule has 0 heterocycles. The summed E-state index contributed by atoms with van der Waals surface area (Å²) in [7, 11) is 0. The van der Waals surface area contributed by atoms with E-state index in [2.05, 4.69) is 39.9 Å². The molecule has 1 saturated carbocycles. The van der Waals surface area contributed by atoms with Gasteiger partial charge in [0, 0.05) is 6.04 Å². The quantitative estimate of drug-likeness (QED) is 0.672. The second kappa shape index (κ2) is 7.53. The fourth-order valence-electron chi connectivity index (χ4n) is 3.59. The average Bonchev–Trinajstić information content (AvgIpc) is 2.34. The van der Waals surface area contributed by atoms with Gasteiger partial charge in [-0.25, -0.2) is 0 Å². The van der Waals surface area contributed by atoms with Crippen LogP contribution in [0.15, 0.2) is 0 Å². The van der Waals surface area contributed by atoms with Crippen molar-refractivity contribution in [1.82, 2.24) is 5.32 Å². The van der Waals surface area contributed by atoms with Crippen molar-refractivity contribution in [2.75, 3.05) is 6.54 Å². The Hall–Kier alpha value is -0.0400. The molecule has 0 aromatic rings. The van der Waals surface area contributed by atoms with Crippen LogP contribution in [0.1, 0.15) is 79.6 Å². The maximum atomic E-state index is 3.86. The summed E-state index contributed by atoms with van der Waals surface area (Å²) in [6.07, 6.45) is 9.67. The topological polar surface area (TPSA) is 12.0 Å². The number of nitrogens with one attached hydrogen (secondary N) is 1. The highest BCUT2D eigenvalue weighted by atomic mass is 14.9. The van der Waals surface area contributed by atoms with Crippen LogP contribution in [-0.2, 0) is 0 Å². The third-order valence-electron chi connectivity index (χ3n) is 5.09. The highest BCUT2D eigenvalue weighted by Crippen LogP contribution is 2.43. The maximum absolute atomic E-state index is 3.86. The molecule has 18 heavy (non-hydrogen) atoms. The molecular weight excluding hydrogens is 218 g/mol. The van der Waals surface area contributed by atoms with E-state index in [4.69, 9.17) is 0 Å². The number of rotatable bonds is 7. The zero-order valence-electron chi connectivity index (χ0n) is 13.4. The van der Waals surface area contributed by atoms with E-state index in [0.717, 1.165) is 17.9 Å². The van der Waals surface area contributed by atoms with Crippen molar-refractivity contribution in [1.29, 1.82) is 0 Å². The summed E-state index contributed by atoms with van der Waals surface area (Å²) in [5, 5.41) is 3.86. The third-order valence-corrected chi connectivity index (χ3v) is 5.09. The summed E-state index contributed by atoms with van der Waals surface area (Å²) in [5.41, 5.74) is 0.539. The monoisotopic (exact) mass is 253 g/mol. The van der Waals surface area contributed by atoms with Gasteiger partial charge in [-0.1, -0.05) is 53.9 Å². The molecule has 108 valence electrons. The van der Waals surface area contributed by atoms with Crippen molar-refractivity contribution in [2.45, 2.75) is 85.6 Å². The Labute approximate surface area is 115 Å². The molecule has 0 aromatic carbocycles. The van der Waals surface area contributed by atoms with Crippen LogP contribution in [0, 0.1) is 17.3 Å². The highest BCUT2D eigenvalue weighted by molar-refractivity contribution is 4.91. The van der Waals surface area contributed by atoms with Crippen LogP contribution in [0.5, 0.6) is 0 Å². The van der Waals surface area contributed by atoms with Crippen molar-refractivity contribution in [2.24, 2.45) is 17.3 Å². The van der Waals surface area contributed by atoms with E-state index in [1.807, 2.05) is 0 Å². The first-order chi connectivity index (χ1) is 8.51. The van der Waals surface area contributed by atoms with Crippen LogP contribution in [0.2, 0.25) is 0 Å². The Morgan fingerprint density at radius 3 is 2.50 bits per heavy atom. The first-order valence-electron chi connectivity index (χ1n) is 8.24. The summed E-state index contributed by atoms with van der Waals surface area (Å²) in [4.78, 5) is 0. The fraction of sp³-hybridized carbons (Fsp3) is 1.00. The van der Waals surface area contributed by atoms with Crippen LogP contribution in [0.3, 0.4) is 0 Å². The zero-order valence-corrected chi connectivity index (χ0v) is 13.4. The van der Waals surface area contributed by atoms with E-state index in [1.165, 1.54) is 51.5 Å². The Morgan fingerprint density at radius 1 is 1.22 bits per heavy atom. The van der Waals surface area contributed by atoms with Gasteiger partial charge in [-0.05, 0) is 49.5 Å². The Kier molecular flexibility index (Phi) is 6.70. The lowest BCUT2D eigenvalue weighted by atomic mass is 9.64. The van der Waals surface area contributed by atoms with Gasteiger partial charge >= 0.3 is 0 Å². The van der Waals surface area contributed by atoms with Gasteiger partial charge in [0.15, 0.2) is 0 Å². The van der Waals surface area contributed by atoms with E-state index < -0.39 is 0 Å². The molecule has 0 aromatic heterocycles. The van der Waals surface area contributed by atoms with Crippen molar-refractivity contribution in [3.63, 3.8) is 0 Å². The zero-order chi connectivity index (χ0) is 13.6. The lowest BCUT2D eigenvalue weighted by Crippen LogP contribution is -2.45. The first-order valence-corrected chi connectivity index (χ1v) is 8.24. The Balaban J connectivity index is 2.66. The van der Waals surface area contributed by atoms with Gasteiger partial charge in [-0.15, -0.1) is 0 Å². The van der Waals surface area contributed by atoms with Crippen molar-refractivity contribution in [3.8, 4) is 0 Å². The van der Waals surface area contributed by atoms with Gasteiger partial charge in [0.1, 0.15) is 0 Å². The van der Waals surface area contributed by atoms with E-state index in [1.54, 1.807) is 0 Å². The molecule has 1 aliphatic carbocycles. The molecule has 0 amide bonds. The first kappa shape index (κ1) is 16.0. The third kappa shape index (κ3) is 4.57. The minimum absolute atomic E-state index is 0.539. The van der Waals surface area contributed by atoms with Crippen LogP contribution < -0.4 is 5.32 Å². The van der Waals surface area contributed by atoms with Crippen molar-refractivity contribution in [3.05, 3.63) is 0 Å². The van der Waals surface area contributed by atoms with Gasteiger partial charge in [-0.2, -0.15) is 0 Å². The smallest absolute Gasteiger partial charge is 0.0103 e. The minimum Gasteiger partial charge on any atom is -0.314 e. The number of hydrogen-bond donors (Lipinski definition) is 1. The summed E-state index contributed by atoms with van der Waals surface area (Å²) in [6.45, 7) is 13.2. The molecule has 3 atom stereocenters.